The van der Waals surface area contributed by atoms with Crippen LogP contribution < -0.4 is 15.4 Å². The van der Waals surface area contributed by atoms with Gasteiger partial charge >= 0.3 is 0 Å². The number of nitrogens with one attached hydrogen (secondary N) is 3. The van der Waals surface area contributed by atoms with Crippen molar-refractivity contribution >= 4 is 5.91 Å². The summed E-state index contributed by atoms with van der Waals surface area (Å²) in [5.74, 6) is 1.89. The highest BCUT2D eigenvalue weighted by atomic mass is 16.5. The molecule has 0 fully saturated rings. The van der Waals surface area contributed by atoms with Crippen molar-refractivity contribution in [3.05, 3.63) is 30.1 Å². The Morgan fingerprint density at radius 2 is 2.10 bits per heavy atom. The molecule has 20 heavy (non-hydrogen) atoms. The summed E-state index contributed by atoms with van der Waals surface area (Å²) in [6.07, 6.45) is 0. The third-order valence-corrected chi connectivity index (χ3v) is 2.67. The van der Waals surface area contributed by atoms with Gasteiger partial charge in [-0.2, -0.15) is 5.10 Å². The molecule has 0 spiro atoms. The van der Waals surface area contributed by atoms with Gasteiger partial charge in [0.15, 0.2) is 5.82 Å². The fraction of sp³-hybridized carbons (Fsp3) is 0.308. The molecule has 0 aliphatic rings. The zero-order valence-corrected chi connectivity index (χ0v) is 11.4. The highest BCUT2D eigenvalue weighted by molar-refractivity contribution is 5.77. The van der Waals surface area contributed by atoms with Gasteiger partial charge in [-0.15, -0.1) is 0 Å². The van der Waals surface area contributed by atoms with E-state index in [0.29, 0.717) is 18.2 Å². The maximum atomic E-state index is 11.3. The number of ether oxygens (including phenoxy) is 1. The average molecular weight is 275 g/mol. The van der Waals surface area contributed by atoms with Crippen molar-refractivity contribution in [1.29, 1.82) is 0 Å². The second-order valence-electron chi connectivity index (χ2n) is 4.14. The molecule has 0 unspecified atom stereocenters. The number of carbonyl (C=O) groups excluding carboxylic acids is 1. The number of hydrogen-bond acceptors (Lipinski definition) is 5. The van der Waals surface area contributed by atoms with Crippen molar-refractivity contribution in [3.8, 4) is 17.1 Å². The van der Waals surface area contributed by atoms with Gasteiger partial charge in [-0.25, -0.2) is 4.98 Å². The van der Waals surface area contributed by atoms with Crippen LogP contribution in [0.3, 0.4) is 0 Å². The maximum absolute atomic E-state index is 11.3. The number of benzene rings is 1. The molecule has 106 valence electrons. The van der Waals surface area contributed by atoms with E-state index in [1.807, 2.05) is 24.3 Å². The van der Waals surface area contributed by atoms with Crippen molar-refractivity contribution in [3.63, 3.8) is 0 Å². The Balaban J connectivity index is 1.99. The van der Waals surface area contributed by atoms with Gasteiger partial charge < -0.3 is 15.4 Å². The van der Waals surface area contributed by atoms with Gasteiger partial charge in [0.1, 0.15) is 11.6 Å². The van der Waals surface area contributed by atoms with E-state index in [-0.39, 0.29) is 12.5 Å². The van der Waals surface area contributed by atoms with Crippen molar-refractivity contribution in [2.24, 2.45) is 0 Å². The molecule has 7 nitrogen and oxygen atoms in total. The average Bonchev–Trinajstić information content (AvgIpc) is 2.94. The number of methoxy groups -OCH3 is 1. The summed E-state index contributed by atoms with van der Waals surface area (Å²) in [6.45, 7) is 0.600. The molecule has 1 amide bonds. The van der Waals surface area contributed by atoms with Crippen molar-refractivity contribution in [2.75, 3.05) is 20.7 Å². The Kier molecular flexibility index (Phi) is 4.67. The highest BCUT2D eigenvalue weighted by Crippen LogP contribution is 2.18. The van der Waals surface area contributed by atoms with E-state index in [4.69, 9.17) is 4.74 Å². The van der Waals surface area contributed by atoms with E-state index in [9.17, 15) is 4.79 Å². The summed E-state index contributed by atoms with van der Waals surface area (Å²) >= 11 is 0. The van der Waals surface area contributed by atoms with Crippen LogP contribution in [0.5, 0.6) is 5.75 Å². The van der Waals surface area contributed by atoms with Crippen LogP contribution in [0.25, 0.3) is 11.4 Å². The first-order valence-electron chi connectivity index (χ1n) is 6.20. The molecule has 1 aromatic carbocycles. The predicted octanol–water partition coefficient (Wildman–Crippen LogP) is 0.316. The van der Waals surface area contributed by atoms with E-state index in [1.165, 1.54) is 0 Å². The van der Waals surface area contributed by atoms with Gasteiger partial charge in [0, 0.05) is 5.56 Å². The smallest absolute Gasteiger partial charge is 0.234 e. The summed E-state index contributed by atoms with van der Waals surface area (Å²) in [5.41, 5.74) is 0.884. The normalized spacial score (nSPS) is 10.3. The quantitative estimate of drug-likeness (QED) is 0.706. The van der Waals surface area contributed by atoms with Crippen LogP contribution in [0, 0.1) is 0 Å². The molecular formula is C13H17N5O2. The van der Waals surface area contributed by atoms with Gasteiger partial charge in [-0.05, 0) is 31.3 Å². The van der Waals surface area contributed by atoms with Crippen LogP contribution in [0.15, 0.2) is 24.3 Å². The molecule has 0 atom stereocenters. The van der Waals surface area contributed by atoms with Crippen molar-refractivity contribution in [1.82, 2.24) is 25.8 Å². The molecule has 0 aliphatic carbocycles. The zero-order valence-electron chi connectivity index (χ0n) is 11.4. The predicted molar refractivity (Wildman–Crippen MR) is 74.1 cm³/mol. The molecule has 7 heteroatoms. The highest BCUT2D eigenvalue weighted by Gasteiger charge is 2.07. The lowest BCUT2D eigenvalue weighted by atomic mass is 10.2. The number of likely N-dealkylation sites (N-methyl/N-ethyl adjacent to an activating group) is 1. The number of carbonyl (C=O) groups is 1. The molecule has 0 aliphatic heterocycles. The molecule has 0 radical (unpaired) electrons. The molecule has 1 aromatic heterocycles. The Labute approximate surface area is 116 Å². The molecular weight excluding hydrogens is 258 g/mol. The first kappa shape index (κ1) is 14.0. The second-order valence-corrected chi connectivity index (χ2v) is 4.14. The standard InChI is InChI=1S/C13H17N5O2/c1-14-8-12(19)15-7-11-16-13(18-17-11)9-3-5-10(20-2)6-4-9/h3-6,14H,7-8H2,1-2H3,(H,15,19)(H,16,17,18). The van der Waals surface area contributed by atoms with Crippen molar-refractivity contribution in [2.45, 2.75) is 6.54 Å². The minimum atomic E-state index is -0.0881. The molecule has 2 rings (SSSR count). The van der Waals surface area contributed by atoms with Crippen LogP contribution in [0.1, 0.15) is 5.82 Å². The van der Waals surface area contributed by atoms with E-state index in [0.717, 1.165) is 11.3 Å². The van der Waals surface area contributed by atoms with Crippen LogP contribution in [-0.2, 0) is 11.3 Å². The molecule has 3 N–H and O–H groups in total. The van der Waals surface area contributed by atoms with Gasteiger partial charge in [0.25, 0.3) is 0 Å². The molecule has 0 saturated carbocycles. The first-order valence-corrected chi connectivity index (χ1v) is 6.20. The summed E-state index contributed by atoms with van der Waals surface area (Å²) in [6, 6.07) is 7.46. The zero-order chi connectivity index (χ0) is 14.4. The van der Waals surface area contributed by atoms with E-state index >= 15 is 0 Å². The third-order valence-electron chi connectivity index (χ3n) is 2.67. The lowest BCUT2D eigenvalue weighted by Crippen LogP contribution is -2.31. The fourth-order valence-electron chi connectivity index (χ4n) is 1.65. The molecule has 1 heterocycles. The molecule has 0 bridgehead atoms. The van der Waals surface area contributed by atoms with Gasteiger partial charge in [-0.3, -0.25) is 9.89 Å². The summed E-state index contributed by atoms with van der Waals surface area (Å²) < 4.78 is 5.10. The number of rotatable bonds is 6. The van der Waals surface area contributed by atoms with Crippen LogP contribution >= 0.6 is 0 Å². The Morgan fingerprint density at radius 1 is 1.35 bits per heavy atom. The monoisotopic (exact) mass is 275 g/mol. The first-order chi connectivity index (χ1) is 9.72. The van der Waals surface area contributed by atoms with E-state index < -0.39 is 0 Å². The number of nitrogens with zero attached hydrogens (tertiary/aromatic N) is 2. The van der Waals surface area contributed by atoms with Gasteiger partial charge in [0.05, 0.1) is 20.2 Å². The number of aromatic amines is 1. The summed E-state index contributed by atoms with van der Waals surface area (Å²) in [7, 11) is 3.34. The molecule has 0 saturated heterocycles. The van der Waals surface area contributed by atoms with Gasteiger partial charge in [-0.1, -0.05) is 0 Å². The van der Waals surface area contributed by atoms with E-state index in [1.54, 1.807) is 14.2 Å². The maximum Gasteiger partial charge on any atom is 0.234 e. The Bertz CT molecular complexity index is 564. The number of amides is 1. The number of aromatic nitrogens is 3. The minimum Gasteiger partial charge on any atom is -0.497 e. The summed E-state index contributed by atoms with van der Waals surface area (Å²) in [5, 5.41) is 12.4. The van der Waals surface area contributed by atoms with E-state index in [2.05, 4.69) is 25.8 Å². The second kappa shape index (κ2) is 6.67. The van der Waals surface area contributed by atoms with Crippen LogP contribution in [0.4, 0.5) is 0 Å². The van der Waals surface area contributed by atoms with Crippen LogP contribution in [-0.4, -0.2) is 41.8 Å². The van der Waals surface area contributed by atoms with Gasteiger partial charge in [0.2, 0.25) is 5.91 Å². The largest absolute Gasteiger partial charge is 0.497 e. The third kappa shape index (κ3) is 3.55. The fourth-order valence-corrected chi connectivity index (χ4v) is 1.65. The lowest BCUT2D eigenvalue weighted by molar-refractivity contribution is -0.120. The topological polar surface area (TPSA) is 91.9 Å². The number of hydrogen-bond donors (Lipinski definition) is 3. The Hall–Kier alpha value is -2.41. The minimum absolute atomic E-state index is 0.0881. The summed E-state index contributed by atoms with van der Waals surface area (Å²) in [4.78, 5) is 15.6. The lowest BCUT2D eigenvalue weighted by Gasteiger charge is -2.01. The van der Waals surface area contributed by atoms with Crippen molar-refractivity contribution < 1.29 is 9.53 Å². The SMILES string of the molecule is CNCC(=O)NCc1nc(-c2ccc(OC)cc2)n[nH]1. The molecule has 2 aromatic rings. The number of H-pyrrole nitrogens is 1. The van der Waals surface area contributed by atoms with Crippen LogP contribution in [0.2, 0.25) is 0 Å². The Morgan fingerprint density at radius 3 is 2.75 bits per heavy atom.